The Morgan fingerprint density at radius 1 is 1.25 bits per heavy atom. The van der Waals surface area contributed by atoms with E-state index in [0.717, 1.165) is 36.1 Å². The summed E-state index contributed by atoms with van der Waals surface area (Å²) in [6, 6.07) is 5.17. The van der Waals surface area contributed by atoms with Gasteiger partial charge in [-0.1, -0.05) is 6.07 Å². The van der Waals surface area contributed by atoms with Crippen molar-refractivity contribution in [3.8, 4) is 0 Å². The van der Waals surface area contributed by atoms with E-state index in [0.29, 0.717) is 24.6 Å². The van der Waals surface area contributed by atoms with E-state index in [1.807, 2.05) is 17.8 Å². The Kier molecular flexibility index (Phi) is 3.40. The second kappa shape index (κ2) is 5.47. The maximum Gasteiger partial charge on any atom is 0.335 e. The zero-order valence-electron chi connectivity index (χ0n) is 13.5. The molecule has 1 fully saturated rings. The maximum atomic E-state index is 13.0. The lowest BCUT2D eigenvalue weighted by Gasteiger charge is -2.29. The second-order valence-electron chi connectivity index (χ2n) is 6.61. The lowest BCUT2D eigenvalue weighted by Crippen LogP contribution is -2.36. The van der Waals surface area contributed by atoms with Crippen LogP contribution in [0, 0.1) is 0 Å². The maximum absolute atomic E-state index is 13.0. The number of nitrogens with zero attached hydrogens (tertiary/aromatic N) is 3. The highest BCUT2D eigenvalue weighted by Crippen LogP contribution is 2.41. The molecule has 24 heavy (non-hydrogen) atoms. The van der Waals surface area contributed by atoms with E-state index in [-0.39, 0.29) is 11.5 Å². The molecule has 6 nitrogen and oxygen atoms in total. The molecule has 0 saturated heterocycles. The number of rotatable bonds is 3. The third-order valence-corrected chi connectivity index (χ3v) is 4.93. The highest BCUT2D eigenvalue weighted by molar-refractivity contribution is 5.95. The second-order valence-corrected chi connectivity index (χ2v) is 6.61. The molecule has 1 aromatic heterocycles. The molecule has 1 aromatic carbocycles. The fourth-order valence-electron chi connectivity index (χ4n) is 3.49. The van der Waals surface area contributed by atoms with E-state index < -0.39 is 5.97 Å². The Labute approximate surface area is 139 Å². The van der Waals surface area contributed by atoms with E-state index in [2.05, 4.69) is 5.10 Å². The molecule has 1 aliphatic heterocycles. The van der Waals surface area contributed by atoms with Crippen LogP contribution in [0.1, 0.15) is 56.3 Å². The highest BCUT2D eigenvalue weighted by atomic mass is 16.4. The minimum atomic E-state index is -0.940. The Bertz CT molecular complexity index is 836. The molecule has 124 valence electrons. The van der Waals surface area contributed by atoms with Gasteiger partial charge in [0, 0.05) is 26.1 Å². The van der Waals surface area contributed by atoms with Crippen LogP contribution < -0.4 is 0 Å². The molecule has 1 amide bonds. The van der Waals surface area contributed by atoms with Gasteiger partial charge in [0.25, 0.3) is 5.91 Å². The molecular formula is C18H19N3O3. The minimum absolute atomic E-state index is 0.00335. The number of fused-ring (bicyclic) bond motifs is 1. The summed E-state index contributed by atoms with van der Waals surface area (Å²) in [6.07, 6.45) is 4.65. The normalized spacial score (nSPS) is 16.8. The van der Waals surface area contributed by atoms with Crippen LogP contribution in [0.25, 0.3) is 0 Å². The van der Waals surface area contributed by atoms with Crippen LogP contribution in [0.15, 0.2) is 24.4 Å². The molecule has 2 heterocycles. The third-order valence-electron chi connectivity index (χ3n) is 4.93. The predicted molar refractivity (Wildman–Crippen MR) is 87.0 cm³/mol. The predicted octanol–water partition coefficient (Wildman–Crippen LogP) is 2.19. The van der Waals surface area contributed by atoms with Gasteiger partial charge in [-0.3, -0.25) is 9.48 Å². The van der Waals surface area contributed by atoms with Gasteiger partial charge in [0.15, 0.2) is 0 Å². The number of aromatic carboxylic acids is 1. The van der Waals surface area contributed by atoms with Gasteiger partial charge >= 0.3 is 5.97 Å². The molecule has 2 aromatic rings. The molecule has 0 bridgehead atoms. The van der Waals surface area contributed by atoms with Crippen molar-refractivity contribution in [2.45, 2.75) is 31.7 Å². The molecule has 0 atom stereocenters. The number of carboxylic acids is 1. The van der Waals surface area contributed by atoms with Gasteiger partial charge in [-0.05, 0) is 42.5 Å². The highest BCUT2D eigenvalue weighted by Gasteiger charge is 2.33. The van der Waals surface area contributed by atoms with E-state index >= 15 is 0 Å². The summed E-state index contributed by atoms with van der Waals surface area (Å²) < 4.78 is 1.81. The van der Waals surface area contributed by atoms with Crippen molar-refractivity contribution in [1.82, 2.24) is 14.7 Å². The van der Waals surface area contributed by atoms with Crippen molar-refractivity contribution in [3.63, 3.8) is 0 Å². The topological polar surface area (TPSA) is 75.4 Å². The number of carboxylic acid groups (broad SMARTS) is 1. The lowest BCUT2D eigenvalue weighted by molar-refractivity contribution is 0.0696. The van der Waals surface area contributed by atoms with Crippen LogP contribution in [0.3, 0.4) is 0 Å². The summed E-state index contributed by atoms with van der Waals surface area (Å²) >= 11 is 0. The monoisotopic (exact) mass is 325 g/mol. The van der Waals surface area contributed by atoms with Crippen molar-refractivity contribution in [2.24, 2.45) is 7.05 Å². The smallest absolute Gasteiger partial charge is 0.335 e. The minimum Gasteiger partial charge on any atom is -0.478 e. The third kappa shape index (κ3) is 2.48. The SMILES string of the molecule is Cn1ncc(C(=O)N2CCc3ccc(C(=O)O)cc3C2)c1C1CC1. The van der Waals surface area contributed by atoms with Gasteiger partial charge in [0.05, 0.1) is 23.0 Å². The summed E-state index contributed by atoms with van der Waals surface area (Å²) in [7, 11) is 1.88. The number of aromatic nitrogens is 2. The van der Waals surface area contributed by atoms with E-state index in [4.69, 9.17) is 5.11 Å². The Hall–Kier alpha value is -2.63. The Morgan fingerprint density at radius 3 is 2.75 bits per heavy atom. The van der Waals surface area contributed by atoms with Crippen molar-refractivity contribution in [3.05, 3.63) is 52.3 Å². The van der Waals surface area contributed by atoms with Gasteiger partial charge in [0.1, 0.15) is 0 Å². The largest absolute Gasteiger partial charge is 0.478 e. The summed E-state index contributed by atoms with van der Waals surface area (Å²) in [5, 5.41) is 13.4. The zero-order valence-corrected chi connectivity index (χ0v) is 13.5. The first-order valence-electron chi connectivity index (χ1n) is 8.21. The van der Waals surface area contributed by atoms with Crippen LogP contribution >= 0.6 is 0 Å². The molecule has 1 saturated carbocycles. The Balaban J connectivity index is 1.61. The van der Waals surface area contributed by atoms with Crippen molar-refractivity contribution < 1.29 is 14.7 Å². The van der Waals surface area contributed by atoms with E-state index in [1.54, 1.807) is 23.2 Å². The van der Waals surface area contributed by atoms with Gasteiger partial charge in [-0.15, -0.1) is 0 Å². The quantitative estimate of drug-likeness (QED) is 0.938. The van der Waals surface area contributed by atoms with Crippen LogP contribution in [-0.2, 0) is 20.0 Å². The molecular weight excluding hydrogens is 306 g/mol. The van der Waals surface area contributed by atoms with Gasteiger partial charge in [-0.25, -0.2) is 4.79 Å². The lowest BCUT2D eigenvalue weighted by atomic mass is 9.96. The van der Waals surface area contributed by atoms with Crippen LogP contribution in [0.5, 0.6) is 0 Å². The average Bonchev–Trinajstić information content (AvgIpc) is 3.35. The standard InChI is InChI=1S/C18H19N3O3/c1-20-16(12-3-4-12)15(9-19-20)17(22)21-7-6-11-2-5-13(18(23)24)8-14(11)10-21/h2,5,8-9,12H,3-4,6-7,10H2,1H3,(H,23,24). The van der Waals surface area contributed by atoms with Crippen LogP contribution in [0.2, 0.25) is 0 Å². The van der Waals surface area contributed by atoms with E-state index in [9.17, 15) is 9.59 Å². The van der Waals surface area contributed by atoms with Gasteiger partial charge in [0.2, 0.25) is 0 Å². The number of carbonyl (C=O) groups excluding carboxylic acids is 1. The number of benzene rings is 1. The average molecular weight is 325 g/mol. The number of carbonyl (C=O) groups is 2. The van der Waals surface area contributed by atoms with Gasteiger partial charge < -0.3 is 10.0 Å². The summed E-state index contributed by atoms with van der Waals surface area (Å²) in [5.74, 6) is -0.493. The molecule has 2 aliphatic rings. The summed E-state index contributed by atoms with van der Waals surface area (Å²) in [6.45, 7) is 1.10. The van der Waals surface area contributed by atoms with Crippen molar-refractivity contribution >= 4 is 11.9 Å². The molecule has 0 spiro atoms. The van der Waals surface area contributed by atoms with Gasteiger partial charge in [-0.2, -0.15) is 5.10 Å². The number of amides is 1. The number of hydrogen-bond donors (Lipinski definition) is 1. The molecule has 0 unspecified atom stereocenters. The van der Waals surface area contributed by atoms with Crippen molar-refractivity contribution in [2.75, 3.05) is 6.54 Å². The van der Waals surface area contributed by atoms with Crippen LogP contribution in [-0.4, -0.2) is 38.2 Å². The van der Waals surface area contributed by atoms with Crippen LogP contribution in [0.4, 0.5) is 0 Å². The first-order chi connectivity index (χ1) is 11.5. The summed E-state index contributed by atoms with van der Waals surface area (Å²) in [4.78, 5) is 25.9. The zero-order chi connectivity index (χ0) is 16.8. The first-order valence-corrected chi connectivity index (χ1v) is 8.21. The molecule has 1 aliphatic carbocycles. The van der Waals surface area contributed by atoms with E-state index in [1.165, 1.54) is 0 Å². The van der Waals surface area contributed by atoms with Crippen molar-refractivity contribution in [1.29, 1.82) is 0 Å². The fourth-order valence-corrected chi connectivity index (χ4v) is 3.49. The number of hydrogen-bond acceptors (Lipinski definition) is 3. The molecule has 6 heteroatoms. The summed E-state index contributed by atoms with van der Waals surface area (Å²) in [5.41, 5.74) is 4.04. The first kappa shape index (κ1) is 14.9. The fraction of sp³-hybridized carbons (Fsp3) is 0.389. The number of aryl methyl sites for hydroxylation is 1. The Morgan fingerprint density at radius 2 is 2.04 bits per heavy atom. The molecule has 1 N–H and O–H groups in total. The molecule has 0 radical (unpaired) electrons. The molecule has 4 rings (SSSR count).